The molecule has 1 heterocycles. The Morgan fingerprint density at radius 1 is 1.35 bits per heavy atom. The third-order valence-corrected chi connectivity index (χ3v) is 5.29. The highest BCUT2D eigenvalue weighted by molar-refractivity contribution is 7.09. The summed E-state index contributed by atoms with van der Waals surface area (Å²) in [5.41, 5.74) is 4.03. The van der Waals surface area contributed by atoms with Crippen molar-refractivity contribution >= 4 is 17.3 Å². The van der Waals surface area contributed by atoms with Gasteiger partial charge in [0.05, 0.1) is 17.2 Å². The van der Waals surface area contributed by atoms with Gasteiger partial charge < -0.3 is 10.6 Å². The van der Waals surface area contributed by atoms with E-state index in [-0.39, 0.29) is 0 Å². The first kappa shape index (κ1) is 16.0. The van der Waals surface area contributed by atoms with Gasteiger partial charge in [0.25, 0.3) is 0 Å². The topological polar surface area (TPSA) is 49.3 Å². The zero-order chi connectivity index (χ0) is 16.1. The number of aromatic nitrogens is 1. The number of nitrogens with zero attached hydrogens (tertiary/aromatic N) is 2. The van der Waals surface area contributed by atoms with Crippen LogP contribution < -0.4 is 10.6 Å². The van der Waals surface area contributed by atoms with Crippen LogP contribution in [0.25, 0.3) is 0 Å². The lowest BCUT2D eigenvalue weighted by atomic mass is 9.88. The summed E-state index contributed by atoms with van der Waals surface area (Å²) in [6.45, 7) is 2.86. The van der Waals surface area contributed by atoms with Crippen molar-refractivity contribution in [3.05, 3.63) is 51.5 Å². The van der Waals surface area contributed by atoms with E-state index in [1.807, 2.05) is 7.05 Å². The molecule has 0 amide bonds. The van der Waals surface area contributed by atoms with Crippen molar-refractivity contribution in [2.24, 2.45) is 4.99 Å². The SMILES string of the molecule is CCc1nc(CNC(=NC)NC2CCc3ccccc3C2)cs1. The van der Waals surface area contributed by atoms with Crippen LogP contribution in [0, 0.1) is 0 Å². The molecule has 1 aliphatic rings. The Labute approximate surface area is 142 Å². The number of nitrogens with one attached hydrogen (secondary N) is 2. The molecule has 0 fully saturated rings. The van der Waals surface area contributed by atoms with Crippen molar-refractivity contribution in [1.29, 1.82) is 0 Å². The van der Waals surface area contributed by atoms with Gasteiger partial charge in [-0.2, -0.15) is 0 Å². The van der Waals surface area contributed by atoms with Crippen LogP contribution in [0.3, 0.4) is 0 Å². The van der Waals surface area contributed by atoms with Crippen molar-refractivity contribution in [3.63, 3.8) is 0 Å². The fraction of sp³-hybridized carbons (Fsp3) is 0.444. The molecule has 0 radical (unpaired) electrons. The van der Waals surface area contributed by atoms with Gasteiger partial charge in [-0.15, -0.1) is 11.3 Å². The third kappa shape index (κ3) is 4.10. The molecule has 5 heteroatoms. The molecule has 1 aromatic heterocycles. The molecule has 122 valence electrons. The number of aryl methyl sites for hydroxylation is 2. The molecule has 0 saturated heterocycles. The molecule has 3 rings (SSSR count). The van der Waals surface area contributed by atoms with E-state index in [0.29, 0.717) is 6.04 Å². The maximum atomic E-state index is 4.58. The first-order valence-electron chi connectivity index (χ1n) is 8.25. The Bertz CT molecular complexity index is 677. The Morgan fingerprint density at radius 3 is 2.91 bits per heavy atom. The number of benzene rings is 1. The number of aliphatic imine (C=N–C) groups is 1. The Kier molecular flexibility index (Phi) is 5.28. The van der Waals surface area contributed by atoms with Gasteiger partial charge in [0.1, 0.15) is 0 Å². The first-order chi connectivity index (χ1) is 11.3. The van der Waals surface area contributed by atoms with Gasteiger partial charge in [-0.05, 0) is 36.8 Å². The number of guanidine groups is 1. The van der Waals surface area contributed by atoms with Gasteiger partial charge >= 0.3 is 0 Å². The van der Waals surface area contributed by atoms with Gasteiger partial charge in [0, 0.05) is 18.5 Å². The Balaban J connectivity index is 1.54. The van der Waals surface area contributed by atoms with E-state index in [4.69, 9.17) is 0 Å². The van der Waals surface area contributed by atoms with E-state index < -0.39 is 0 Å². The maximum Gasteiger partial charge on any atom is 0.191 e. The third-order valence-electron chi connectivity index (χ3n) is 4.25. The summed E-state index contributed by atoms with van der Waals surface area (Å²) in [4.78, 5) is 8.93. The van der Waals surface area contributed by atoms with Gasteiger partial charge in [-0.3, -0.25) is 4.99 Å². The van der Waals surface area contributed by atoms with Crippen molar-refractivity contribution in [3.8, 4) is 0 Å². The van der Waals surface area contributed by atoms with Crippen LogP contribution in [-0.2, 0) is 25.8 Å². The van der Waals surface area contributed by atoms with Gasteiger partial charge in [-0.1, -0.05) is 31.2 Å². The fourth-order valence-corrected chi connectivity index (χ4v) is 3.72. The van der Waals surface area contributed by atoms with Crippen molar-refractivity contribution < 1.29 is 0 Å². The second-order valence-corrected chi connectivity index (χ2v) is 6.81. The molecule has 0 bridgehead atoms. The standard InChI is InChI=1S/C18H24N4S/c1-3-17-21-16(12-23-17)11-20-18(19-2)22-15-9-8-13-6-4-5-7-14(13)10-15/h4-7,12,15H,3,8-11H2,1-2H3,(H2,19,20,22). The molecule has 0 saturated carbocycles. The molecule has 2 N–H and O–H groups in total. The normalized spacial score (nSPS) is 17.7. The molecule has 0 spiro atoms. The predicted molar refractivity (Wildman–Crippen MR) is 97.1 cm³/mol. The molecular formula is C18H24N4S. The summed E-state index contributed by atoms with van der Waals surface area (Å²) in [6, 6.07) is 9.18. The van der Waals surface area contributed by atoms with Crippen LogP contribution in [-0.4, -0.2) is 24.0 Å². The Morgan fingerprint density at radius 2 is 2.17 bits per heavy atom. The summed E-state index contributed by atoms with van der Waals surface area (Å²) in [7, 11) is 1.82. The number of fused-ring (bicyclic) bond motifs is 1. The highest BCUT2D eigenvalue weighted by Crippen LogP contribution is 2.20. The molecule has 2 aromatic rings. The van der Waals surface area contributed by atoms with Crippen molar-refractivity contribution in [2.75, 3.05) is 7.05 Å². The van der Waals surface area contributed by atoms with E-state index in [0.717, 1.165) is 43.9 Å². The van der Waals surface area contributed by atoms with E-state index in [2.05, 4.69) is 57.2 Å². The highest BCUT2D eigenvalue weighted by Gasteiger charge is 2.18. The average molecular weight is 328 g/mol. The summed E-state index contributed by atoms with van der Waals surface area (Å²) >= 11 is 1.73. The van der Waals surface area contributed by atoms with E-state index in [9.17, 15) is 0 Å². The number of rotatable bonds is 4. The lowest BCUT2D eigenvalue weighted by molar-refractivity contribution is 0.520. The molecule has 1 atom stereocenters. The highest BCUT2D eigenvalue weighted by atomic mass is 32.1. The minimum absolute atomic E-state index is 0.442. The van der Waals surface area contributed by atoms with E-state index in [1.165, 1.54) is 16.1 Å². The summed E-state index contributed by atoms with van der Waals surface area (Å²) < 4.78 is 0. The van der Waals surface area contributed by atoms with Crippen LogP contribution >= 0.6 is 11.3 Å². The number of thiazole rings is 1. The quantitative estimate of drug-likeness (QED) is 0.670. The van der Waals surface area contributed by atoms with Crippen LogP contribution in [0.2, 0.25) is 0 Å². The van der Waals surface area contributed by atoms with Gasteiger partial charge in [-0.25, -0.2) is 4.98 Å². The van der Waals surface area contributed by atoms with Crippen LogP contribution in [0.4, 0.5) is 0 Å². The number of hydrogen-bond acceptors (Lipinski definition) is 3. The molecule has 1 aromatic carbocycles. The lowest BCUT2D eigenvalue weighted by Crippen LogP contribution is -2.45. The molecule has 1 aliphatic carbocycles. The van der Waals surface area contributed by atoms with Gasteiger partial charge in [0.15, 0.2) is 5.96 Å². The molecule has 1 unspecified atom stereocenters. The minimum atomic E-state index is 0.442. The Hall–Kier alpha value is -1.88. The van der Waals surface area contributed by atoms with Crippen molar-refractivity contribution in [2.45, 2.75) is 45.2 Å². The first-order valence-corrected chi connectivity index (χ1v) is 9.13. The van der Waals surface area contributed by atoms with Gasteiger partial charge in [0.2, 0.25) is 0 Å². The monoisotopic (exact) mass is 328 g/mol. The average Bonchev–Trinajstić information content (AvgIpc) is 3.06. The second kappa shape index (κ2) is 7.59. The zero-order valence-corrected chi connectivity index (χ0v) is 14.6. The smallest absolute Gasteiger partial charge is 0.191 e. The predicted octanol–water partition coefficient (Wildman–Crippen LogP) is 2.93. The van der Waals surface area contributed by atoms with Crippen LogP contribution in [0.5, 0.6) is 0 Å². The van der Waals surface area contributed by atoms with E-state index >= 15 is 0 Å². The number of hydrogen-bond donors (Lipinski definition) is 2. The summed E-state index contributed by atoms with van der Waals surface area (Å²) in [5.74, 6) is 0.862. The molecule has 4 nitrogen and oxygen atoms in total. The molecule has 23 heavy (non-hydrogen) atoms. The van der Waals surface area contributed by atoms with Crippen molar-refractivity contribution in [1.82, 2.24) is 15.6 Å². The molecule has 0 aliphatic heterocycles. The lowest BCUT2D eigenvalue weighted by Gasteiger charge is -2.27. The second-order valence-electron chi connectivity index (χ2n) is 5.86. The van der Waals surface area contributed by atoms with Crippen LogP contribution in [0.15, 0.2) is 34.6 Å². The molecular weight excluding hydrogens is 304 g/mol. The summed E-state index contributed by atoms with van der Waals surface area (Å²) in [5, 5.41) is 10.2. The van der Waals surface area contributed by atoms with E-state index in [1.54, 1.807) is 11.3 Å². The largest absolute Gasteiger partial charge is 0.353 e. The zero-order valence-electron chi connectivity index (χ0n) is 13.8. The summed E-state index contributed by atoms with van der Waals surface area (Å²) in [6.07, 6.45) is 4.35. The fourth-order valence-electron chi connectivity index (χ4n) is 2.98. The minimum Gasteiger partial charge on any atom is -0.353 e. The van der Waals surface area contributed by atoms with Crippen LogP contribution in [0.1, 0.15) is 35.2 Å². The maximum absolute atomic E-state index is 4.58.